The van der Waals surface area contributed by atoms with Gasteiger partial charge in [-0.3, -0.25) is 9.36 Å². The molecular weight excluding hydrogens is 408 g/mol. The topological polar surface area (TPSA) is 118 Å². The van der Waals surface area contributed by atoms with Crippen LogP contribution < -0.4 is 21.3 Å². The molecular formula is C23H24N6O3. The molecule has 3 N–H and O–H groups in total. The third-order valence-electron chi connectivity index (χ3n) is 7.13. The minimum atomic E-state index is -0.422. The average Bonchev–Trinajstić information content (AvgIpc) is 3.40. The molecule has 0 amide bonds. The SMILES string of the molecule is COc1cccc2c1CC[C@H]1CNC(CCn3c(=O)[nH]c4c([nH]c5nccnc54)c3=O)[C@@H]21. The van der Waals surface area contributed by atoms with Gasteiger partial charge in [0.25, 0.3) is 5.56 Å². The Morgan fingerprint density at radius 1 is 1.16 bits per heavy atom. The van der Waals surface area contributed by atoms with Crippen LogP contribution in [0.2, 0.25) is 0 Å². The molecule has 9 nitrogen and oxygen atoms in total. The maximum atomic E-state index is 13.1. The Balaban J connectivity index is 1.33. The van der Waals surface area contributed by atoms with Crippen molar-refractivity contribution in [1.29, 1.82) is 0 Å². The number of benzene rings is 1. The number of aromatic nitrogens is 5. The van der Waals surface area contributed by atoms with Crippen LogP contribution in [0.3, 0.4) is 0 Å². The second kappa shape index (κ2) is 7.30. The van der Waals surface area contributed by atoms with Gasteiger partial charge in [-0.1, -0.05) is 12.1 Å². The lowest BCUT2D eigenvalue weighted by Crippen LogP contribution is -2.38. The van der Waals surface area contributed by atoms with Crippen molar-refractivity contribution in [3.63, 3.8) is 0 Å². The summed E-state index contributed by atoms with van der Waals surface area (Å²) in [5.74, 6) is 1.86. The Morgan fingerprint density at radius 3 is 2.91 bits per heavy atom. The molecule has 32 heavy (non-hydrogen) atoms. The molecule has 3 aromatic heterocycles. The van der Waals surface area contributed by atoms with E-state index in [9.17, 15) is 9.59 Å². The fourth-order valence-corrected chi connectivity index (χ4v) is 5.67. The van der Waals surface area contributed by atoms with Crippen LogP contribution in [0.5, 0.6) is 5.75 Å². The molecule has 1 fully saturated rings. The quantitative estimate of drug-likeness (QED) is 0.452. The van der Waals surface area contributed by atoms with Gasteiger partial charge in [0.1, 0.15) is 22.3 Å². The van der Waals surface area contributed by atoms with Crippen molar-refractivity contribution in [2.45, 2.75) is 37.8 Å². The Labute approximate surface area is 182 Å². The van der Waals surface area contributed by atoms with E-state index in [1.54, 1.807) is 19.5 Å². The molecule has 0 saturated carbocycles. The summed E-state index contributed by atoms with van der Waals surface area (Å²) in [5, 5.41) is 3.65. The van der Waals surface area contributed by atoms with E-state index in [1.165, 1.54) is 15.7 Å². The van der Waals surface area contributed by atoms with Gasteiger partial charge in [0.2, 0.25) is 0 Å². The third kappa shape index (κ3) is 2.81. The van der Waals surface area contributed by atoms with Crippen LogP contribution in [0, 0.1) is 5.92 Å². The van der Waals surface area contributed by atoms with Gasteiger partial charge in [0.15, 0.2) is 5.65 Å². The molecule has 1 aliphatic carbocycles. The normalized spacial score (nSPS) is 22.2. The minimum absolute atomic E-state index is 0.194. The Bertz CT molecular complexity index is 1450. The van der Waals surface area contributed by atoms with Crippen molar-refractivity contribution < 1.29 is 4.74 Å². The summed E-state index contributed by atoms with van der Waals surface area (Å²) in [6, 6.07) is 6.47. The number of hydrogen-bond donors (Lipinski definition) is 3. The summed E-state index contributed by atoms with van der Waals surface area (Å²) < 4.78 is 6.88. The summed E-state index contributed by atoms with van der Waals surface area (Å²) in [5.41, 5.74) is 3.58. The Hall–Kier alpha value is -3.46. The first-order valence-electron chi connectivity index (χ1n) is 11.0. The molecule has 4 aromatic rings. The van der Waals surface area contributed by atoms with Gasteiger partial charge >= 0.3 is 5.69 Å². The van der Waals surface area contributed by atoms with Crippen molar-refractivity contribution >= 4 is 22.2 Å². The number of aromatic amines is 2. The van der Waals surface area contributed by atoms with Crippen LogP contribution in [0.1, 0.15) is 29.9 Å². The molecule has 1 unspecified atom stereocenters. The van der Waals surface area contributed by atoms with Gasteiger partial charge in [0, 0.05) is 30.9 Å². The van der Waals surface area contributed by atoms with Gasteiger partial charge in [-0.15, -0.1) is 0 Å². The second-order valence-electron chi connectivity index (χ2n) is 8.67. The van der Waals surface area contributed by atoms with Crippen molar-refractivity contribution in [3.8, 4) is 5.75 Å². The highest BCUT2D eigenvalue weighted by molar-refractivity contribution is 5.99. The molecule has 2 aliphatic rings. The number of H-pyrrole nitrogens is 2. The second-order valence-corrected chi connectivity index (χ2v) is 8.67. The number of nitrogens with zero attached hydrogens (tertiary/aromatic N) is 3. The zero-order valence-electron chi connectivity index (χ0n) is 17.7. The van der Waals surface area contributed by atoms with Crippen LogP contribution in [0.4, 0.5) is 0 Å². The zero-order valence-corrected chi connectivity index (χ0v) is 17.7. The first-order valence-corrected chi connectivity index (χ1v) is 11.0. The fourth-order valence-electron chi connectivity index (χ4n) is 5.67. The Morgan fingerprint density at radius 2 is 2.03 bits per heavy atom. The molecule has 0 spiro atoms. The van der Waals surface area contributed by atoms with Crippen molar-refractivity contribution in [2.24, 2.45) is 5.92 Å². The van der Waals surface area contributed by atoms with E-state index in [0.717, 1.165) is 25.1 Å². The number of ether oxygens (including phenoxy) is 1. The predicted molar refractivity (Wildman–Crippen MR) is 120 cm³/mol. The van der Waals surface area contributed by atoms with Gasteiger partial charge in [-0.2, -0.15) is 0 Å². The van der Waals surface area contributed by atoms with Crippen LogP contribution in [-0.4, -0.2) is 44.2 Å². The third-order valence-corrected chi connectivity index (χ3v) is 7.13. The van der Waals surface area contributed by atoms with Gasteiger partial charge in [-0.25, -0.2) is 14.8 Å². The summed E-state index contributed by atoms with van der Waals surface area (Å²) in [4.78, 5) is 40.1. The smallest absolute Gasteiger partial charge is 0.328 e. The van der Waals surface area contributed by atoms with E-state index in [1.807, 2.05) is 6.07 Å². The molecule has 1 aliphatic heterocycles. The molecule has 1 saturated heterocycles. The van der Waals surface area contributed by atoms with Crippen LogP contribution in [-0.2, 0) is 13.0 Å². The van der Waals surface area contributed by atoms with Crippen molar-refractivity contribution in [3.05, 3.63) is 62.6 Å². The summed E-state index contributed by atoms with van der Waals surface area (Å²) in [7, 11) is 1.72. The van der Waals surface area contributed by atoms with Crippen molar-refractivity contribution in [1.82, 2.24) is 29.8 Å². The van der Waals surface area contributed by atoms with Crippen LogP contribution in [0.25, 0.3) is 22.2 Å². The molecule has 0 radical (unpaired) electrons. The van der Waals surface area contributed by atoms with Gasteiger partial charge in [0.05, 0.1) is 7.11 Å². The van der Waals surface area contributed by atoms with E-state index in [2.05, 4.69) is 37.4 Å². The molecule has 4 heterocycles. The highest BCUT2D eigenvalue weighted by atomic mass is 16.5. The summed E-state index contributed by atoms with van der Waals surface area (Å²) in [6.07, 6.45) is 5.91. The molecule has 9 heteroatoms. The van der Waals surface area contributed by atoms with E-state index < -0.39 is 5.69 Å². The predicted octanol–water partition coefficient (Wildman–Crippen LogP) is 1.68. The standard InChI is InChI=1S/C23H24N6O3/c1-32-16-4-2-3-14-13(16)6-5-12-11-26-15(17(12)14)7-10-29-22(30)20-18(28-23(29)31)19-21(27-20)25-9-8-24-19/h2-4,8-9,12,15,17,26H,5-7,10-11H2,1H3,(H,25,27)(H,28,31)/t12-,15?,17+/m0/s1. The van der Waals surface area contributed by atoms with Crippen LogP contribution >= 0.6 is 0 Å². The monoisotopic (exact) mass is 432 g/mol. The largest absolute Gasteiger partial charge is 0.496 e. The van der Waals surface area contributed by atoms with Crippen molar-refractivity contribution in [2.75, 3.05) is 13.7 Å². The molecule has 0 bridgehead atoms. The lowest BCUT2D eigenvalue weighted by molar-refractivity contribution is 0.371. The molecule has 1 aromatic carbocycles. The average molecular weight is 432 g/mol. The van der Waals surface area contributed by atoms with Gasteiger partial charge < -0.3 is 20.0 Å². The molecule has 6 rings (SSSR count). The summed E-state index contributed by atoms with van der Waals surface area (Å²) in [6.45, 7) is 1.29. The number of hydrogen-bond acceptors (Lipinski definition) is 6. The molecule has 164 valence electrons. The maximum Gasteiger partial charge on any atom is 0.328 e. The number of methoxy groups -OCH3 is 1. The number of fused-ring (bicyclic) bond motifs is 6. The highest BCUT2D eigenvalue weighted by Gasteiger charge is 2.40. The van der Waals surface area contributed by atoms with E-state index in [4.69, 9.17) is 4.74 Å². The highest BCUT2D eigenvalue weighted by Crippen LogP contribution is 2.45. The van der Waals surface area contributed by atoms with Gasteiger partial charge in [-0.05, 0) is 48.9 Å². The summed E-state index contributed by atoms with van der Waals surface area (Å²) >= 11 is 0. The minimum Gasteiger partial charge on any atom is -0.496 e. The Kier molecular flexibility index (Phi) is 4.39. The fraction of sp³-hybridized carbons (Fsp3) is 0.391. The zero-order chi connectivity index (χ0) is 21.8. The first-order chi connectivity index (χ1) is 15.7. The molecule has 3 atom stereocenters. The van der Waals surface area contributed by atoms with E-state index >= 15 is 0 Å². The van der Waals surface area contributed by atoms with E-state index in [0.29, 0.717) is 47.0 Å². The number of rotatable bonds is 4. The van der Waals surface area contributed by atoms with E-state index in [-0.39, 0.29) is 11.6 Å². The first kappa shape index (κ1) is 19.2. The lowest BCUT2D eigenvalue weighted by Gasteiger charge is -2.32. The lowest BCUT2D eigenvalue weighted by atomic mass is 9.73. The maximum absolute atomic E-state index is 13.1. The van der Waals surface area contributed by atoms with Crippen LogP contribution in [0.15, 0.2) is 40.2 Å². The number of nitrogens with one attached hydrogen (secondary N) is 3.